The summed E-state index contributed by atoms with van der Waals surface area (Å²) < 4.78 is 0. The molecule has 0 spiro atoms. The zero-order valence-corrected chi connectivity index (χ0v) is 5.29. The molecule has 9 heavy (non-hydrogen) atoms. The molecule has 0 aromatic rings. The molecule has 4 N–H and O–H groups in total. The van der Waals surface area contributed by atoms with E-state index in [1.54, 1.807) is 6.92 Å². The molecule has 0 aromatic carbocycles. The van der Waals surface area contributed by atoms with Crippen LogP contribution in [0.5, 0.6) is 0 Å². The Hall–Kier alpha value is -0.610. The Morgan fingerprint density at radius 2 is 2.11 bits per heavy atom. The highest BCUT2D eigenvalue weighted by Crippen LogP contribution is 2.06. The Balaban J connectivity index is 3.85. The Kier molecular flexibility index (Phi) is 2.61. The Labute approximate surface area is 53.3 Å². The van der Waals surface area contributed by atoms with E-state index >= 15 is 0 Å². The number of hydrogen-bond acceptors (Lipinski definition) is 3. The lowest BCUT2D eigenvalue weighted by molar-refractivity contribution is -0.183. The van der Waals surface area contributed by atoms with Crippen LogP contribution in [-0.4, -0.2) is 21.9 Å². The first kappa shape index (κ1) is 8.39. The first-order chi connectivity index (χ1) is 4.00. The zero-order valence-electron chi connectivity index (χ0n) is 5.29. The third kappa shape index (κ3) is 2.43. The van der Waals surface area contributed by atoms with Crippen LogP contribution in [0.1, 0.15) is 19.8 Å². The number of primary amides is 1. The number of aliphatic hydroxyl groups is 2. The summed E-state index contributed by atoms with van der Waals surface area (Å²) in [5.74, 6) is -3.40. The van der Waals surface area contributed by atoms with Gasteiger partial charge in [0, 0.05) is 6.42 Å². The SMILES string of the molecule is CCCC(O)(O)C(N)=O. The minimum absolute atomic E-state index is 0.0116. The van der Waals surface area contributed by atoms with Crippen molar-refractivity contribution in [1.82, 2.24) is 0 Å². The maximum Gasteiger partial charge on any atom is 0.277 e. The molecule has 0 heterocycles. The second-order valence-corrected chi connectivity index (χ2v) is 1.93. The molecule has 0 radical (unpaired) electrons. The largest absolute Gasteiger partial charge is 0.365 e. The number of carbonyl (C=O) groups excluding carboxylic acids is 1. The van der Waals surface area contributed by atoms with Gasteiger partial charge < -0.3 is 15.9 Å². The topological polar surface area (TPSA) is 83.6 Å². The highest BCUT2D eigenvalue weighted by atomic mass is 16.5. The lowest BCUT2D eigenvalue weighted by atomic mass is 10.1. The van der Waals surface area contributed by atoms with Gasteiger partial charge in [0.15, 0.2) is 0 Å². The van der Waals surface area contributed by atoms with Crippen LogP contribution in [0.4, 0.5) is 0 Å². The third-order valence-electron chi connectivity index (χ3n) is 0.993. The first-order valence-electron chi connectivity index (χ1n) is 2.75. The predicted molar refractivity (Wildman–Crippen MR) is 31.3 cm³/mol. The van der Waals surface area contributed by atoms with E-state index in [2.05, 4.69) is 5.73 Å². The van der Waals surface area contributed by atoms with E-state index in [0.29, 0.717) is 6.42 Å². The zero-order chi connectivity index (χ0) is 7.49. The third-order valence-corrected chi connectivity index (χ3v) is 0.993. The fourth-order valence-electron chi connectivity index (χ4n) is 0.472. The second kappa shape index (κ2) is 2.80. The maximum absolute atomic E-state index is 10.1. The highest BCUT2D eigenvalue weighted by Gasteiger charge is 2.28. The van der Waals surface area contributed by atoms with Crippen molar-refractivity contribution in [3.63, 3.8) is 0 Å². The highest BCUT2D eigenvalue weighted by molar-refractivity contribution is 5.81. The van der Waals surface area contributed by atoms with Gasteiger partial charge in [0.25, 0.3) is 5.91 Å². The van der Waals surface area contributed by atoms with Gasteiger partial charge in [0.2, 0.25) is 5.79 Å². The van der Waals surface area contributed by atoms with E-state index in [-0.39, 0.29) is 6.42 Å². The number of amides is 1. The minimum atomic E-state index is -2.31. The van der Waals surface area contributed by atoms with Crippen LogP contribution >= 0.6 is 0 Å². The van der Waals surface area contributed by atoms with Gasteiger partial charge in [-0.3, -0.25) is 4.79 Å². The second-order valence-electron chi connectivity index (χ2n) is 1.93. The van der Waals surface area contributed by atoms with Gasteiger partial charge in [-0.25, -0.2) is 0 Å². The molecule has 4 nitrogen and oxygen atoms in total. The standard InChI is InChI=1S/C5H11NO3/c1-2-3-5(8,9)4(6)7/h8-9H,2-3H2,1H3,(H2,6,7). The molecule has 0 fully saturated rings. The lowest BCUT2D eigenvalue weighted by Gasteiger charge is -2.15. The molecule has 0 atom stereocenters. The molecule has 0 aliphatic carbocycles. The van der Waals surface area contributed by atoms with Crippen molar-refractivity contribution in [3.05, 3.63) is 0 Å². The quantitative estimate of drug-likeness (QED) is 0.430. The molecular weight excluding hydrogens is 122 g/mol. The van der Waals surface area contributed by atoms with E-state index in [9.17, 15) is 4.79 Å². The number of nitrogens with two attached hydrogens (primary N) is 1. The van der Waals surface area contributed by atoms with Gasteiger partial charge in [0.1, 0.15) is 0 Å². The van der Waals surface area contributed by atoms with Crippen LogP contribution in [-0.2, 0) is 4.79 Å². The Bertz CT molecular complexity index is 111. The van der Waals surface area contributed by atoms with Crippen molar-refractivity contribution in [2.45, 2.75) is 25.6 Å². The van der Waals surface area contributed by atoms with Gasteiger partial charge in [-0.1, -0.05) is 13.3 Å². The summed E-state index contributed by atoms with van der Waals surface area (Å²) in [5.41, 5.74) is 4.62. The van der Waals surface area contributed by atoms with Crippen molar-refractivity contribution in [2.24, 2.45) is 5.73 Å². The molecule has 54 valence electrons. The fourth-order valence-corrected chi connectivity index (χ4v) is 0.472. The van der Waals surface area contributed by atoms with Crippen LogP contribution < -0.4 is 5.73 Å². The van der Waals surface area contributed by atoms with E-state index in [4.69, 9.17) is 10.2 Å². The maximum atomic E-state index is 10.1. The van der Waals surface area contributed by atoms with Gasteiger partial charge in [-0.15, -0.1) is 0 Å². The van der Waals surface area contributed by atoms with Crippen LogP contribution in [0.3, 0.4) is 0 Å². The molecule has 0 saturated heterocycles. The van der Waals surface area contributed by atoms with Crippen LogP contribution in [0, 0.1) is 0 Å². The summed E-state index contributed by atoms with van der Waals surface area (Å²) in [6.45, 7) is 1.73. The Morgan fingerprint density at radius 3 is 2.22 bits per heavy atom. The van der Waals surface area contributed by atoms with Crippen molar-refractivity contribution >= 4 is 5.91 Å². The van der Waals surface area contributed by atoms with E-state index in [0.717, 1.165) is 0 Å². The lowest BCUT2D eigenvalue weighted by Crippen LogP contribution is -2.43. The van der Waals surface area contributed by atoms with Gasteiger partial charge in [0.05, 0.1) is 0 Å². The summed E-state index contributed by atoms with van der Waals surface area (Å²) in [4.78, 5) is 10.1. The summed E-state index contributed by atoms with van der Waals surface area (Å²) in [5, 5.41) is 17.3. The molecule has 0 saturated carbocycles. The van der Waals surface area contributed by atoms with Gasteiger partial charge in [-0.05, 0) is 0 Å². The van der Waals surface area contributed by atoms with Crippen LogP contribution in [0.15, 0.2) is 0 Å². The van der Waals surface area contributed by atoms with Crippen molar-refractivity contribution < 1.29 is 15.0 Å². The average Bonchev–Trinajstić information content (AvgIpc) is 1.65. The summed E-state index contributed by atoms with van der Waals surface area (Å²) >= 11 is 0. The number of rotatable bonds is 3. The molecule has 0 aliphatic rings. The molecule has 0 bridgehead atoms. The molecule has 0 aliphatic heterocycles. The smallest absolute Gasteiger partial charge is 0.277 e. The molecular formula is C5H11NO3. The van der Waals surface area contributed by atoms with Crippen LogP contribution in [0.25, 0.3) is 0 Å². The van der Waals surface area contributed by atoms with Crippen molar-refractivity contribution in [3.8, 4) is 0 Å². The van der Waals surface area contributed by atoms with Crippen LogP contribution in [0.2, 0.25) is 0 Å². The number of carbonyl (C=O) groups is 1. The fraction of sp³-hybridized carbons (Fsp3) is 0.800. The number of hydrogen-bond donors (Lipinski definition) is 3. The van der Waals surface area contributed by atoms with E-state index in [1.807, 2.05) is 0 Å². The Morgan fingerprint density at radius 1 is 1.67 bits per heavy atom. The molecule has 0 aromatic heterocycles. The summed E-state index contributed by atoms with van der Waals surface area (Å²) in [7, 11) is 0. The normalized spacial score (nSPS) is 11.4. The summed E-state index contributed by atoms with van der Waals surface area (Å²) in [6.07, 6.45) is 0.498. The van der Waals surface area contributed by atoms with Gasteiger partial charge >= 0.3 is 0 Å². The van der Waals surface area contributed by atoms with E-state index in [1.165, 1.54) is 0 Å². The molecule has 1 amide bonds. The molecule has 0 rings (SSSR count). The van der Waals surface area contributed by atoms with Crippen molar-refractivity contribution in [2.75, 3.05) is 0 Å². The molecule has 4 heteroatoms. The van der Waals surface area contributed by atoms with Gasteiger partial charge in [-0.2, -0.15) is 0 Å². The monoisotopic (exact) mass is 133 g/mol. The summed E-state index contributed by atoms with van der Waals surface area (Å²) in [6, 6.07) is 0. The molecule has 0 unspecified atom stereocenters. The van der Waals surface area contributed by atoms with Crippen molar-refractivity contribution in [1.29, 1.82) is 0 Å². The average molecular weight is 133 g/mol. The predicted octanol–water partition coefficient (Wildman–Crippen LogP) is -1.05. The minimum Gasteiger partial charge on any atom is -0.365 e. The van der Waals surface area contributed by atoms with E-state index < -0.39 is 11.7 Å². The first-order valence-corrected chi connectivity index (χ1v) is 2.75.